The number of carbonyl (C=O) groups excluding carboxylic acids is 1. The molecule has 1 aliphatic rings. The molecule has 1 rings (SSSR count). The fourth-order valence-corrected chi connectivity index (χ4v) is 1.41. The van der Waals surface area contributed by atoms with Gasteiger partial charge in [-0.2, -0.15) is 0 Å². The number of aliphatic hydroxyl groups excluding tert-OH is 1. The normalized spacial score (nSPS) is 19.5. The van der Waals surface area contributed by atoms with Crippen molar-refractivity contribution in [2.45, 2.75) is 39.7 Å². The molecule has 1 saturated heterocycles. The number of carbonyl (C=O) groups is 1. The van der Waals surface area contributed by atoms with E-state index in [0.29, 0.717) is 6.42 Å². The maximum Gasteiger partial charge on any atom is 0.251 e. The third-order valence-corrected chi connectivity index (χ3v) is 2.26. The second kappa shape index (κ2) is 3.66. The van der Waals surface area contributed by atoms with Gasteiger partial charge in [0, 0.05) is 13.1 Å². The van der Waals surface area contributed by atoms with E-state index in [0.717, 1.165) is 19.5 Å². The van der Waals surface area contributed by atoms with Crippen LogP contribution in [0, 0.1) is 5.41 Å². The van der Waals surface area contributed by atoms with Crippen molar-refractivity contribution in [1.82, 2.24) is 4.90 Å². The second-order valence-electron chi connectivity index (χ2n) is 4.96. The van der Waals surface area contributed by atoms with Crippen molar-refractivity contribution >= 4 is 5.91 Å². The largest absolute Gasteiger partial charge is 0.383 e. The summed E-state index contributed by atoms with van der Waals surface area (Å²) >= 11 is 0. The monoisotopic (exact) mass is 185 g/mol. The van der Waals surface area contributed by atoms with E-state index in [1.165, 1.54) is 0 Å². The van der Waals surface area contributed by atoms with Crippen LogP contribution in [0.1, 0.15) is 33.6 Å². The lowest BCUT2D eigenvalue weighted by atomic mass is 9.88. The van der Waals surface area contributed by atoms with E-state index >= 15 is 0 Å². The summed E-state index contributed by atoms with van der Waals surface area (Å²) < 4.78 is 0. The van der Waals surface area contributed by atoms with Gasteiger partial charge in [-0.1, -0.05) is 20.8 Å². The molecule has 1 N–H and O–H groups in total. The molecule has 1 amide bonds. The van der Waals surface area contributed by atoms with E-state index in [1.54, 1.807) is 4.90 Å². The number of amides is 1. The van der Waals surface area contributed by atoms with Crippen LogP contribution in [0.15, 0.2) is 0 Å². The average Bonchev–Trinajstić information content (AvgIpc) is 1.78. The lowest BCUT2D eigenvalue weighted by Gasteiger charge is -2.34. The number of hydrogen-bond donors (Lipinski definition) is 1. The Kier molecular flexibility index (Phi) is 2.96. The number of likely N-dealkylation sites (tertiary alicyclic amines) is 1. The topological polar surface area (TPSA) is 40.5 Å². The van der Waals surface area contributed by atoms with Crippen LogP contribution in [0.2, 0.25) is 0 Å². The van der Waals surface area contributed by atoms with Crippen molar-refractivity contribution in [3.05, 3.63) is 0 Å². The summed E-state index contributed by atoms with van der Waals surface area (Å²) in [6, 6.07) is 0. The van der Waals surface area contributed by atoms with Gasteiger partial charge in [-0.25, -0.2) is 0 Å². The molecule has 0 aromatic heterocycles. The molecule has 0 saturated carbocycles. The summed E-state index contributed by atoms with van der Waals surface area (Å²) in [7, 11) is 0. The van der Waals surface area contributed by atoms with E-state index in [-0.39, 0.29) is 11.3 Å². The standard InChI is InChI=1S/C10H19NO2/c1-10(2,3)7-8(12)9(13)11-5-4-6-11/h8,12H,4-7H2,1-3H3/t8-/m1/s1. The number of rotatable bonds is 2. The summed E-state index contributed by atoms with van der Waals surface area (Å²) in [5, 5.41) is 9.60. The predicted molar refractivity (Wildman–Crippen MR) is 51.3 cm³/mol. The smallest absolute Gasteiger partial charge is 0.251 e. The summed E-state index contributed by atoms with van der Waals surface area (Å²) in [5.41, 5.74) is 0.0138. The molecule has 3 nitrogen and oxygen atoms in total. The van der Waals surface area contributed by atoms with Gasteiger partial charge in [-0.15, -0.1) is 0 Å². The van der Waals surface area contributed by atoms with Crippen molar-refractivity contribution in [1.29, 1.82) is 0 Å². The van der Waals surface area contributed by atoms with Crippen LogP contribution in [0.4, 0.5) is 0 Å². The molecule has 0 spiro atoms. The van der Waals surface area contributed by atoms with Gasteiger partial charge in [0.05, 0.1) is 0 Å². The minimum Gasteiger partial charge on any atom is -0.383 e. The van der Waals surface area contributed by atoms with E-state index in [4.69, 9.17) is 0 Å². The molecule has 1 atom stereocenters. The molecule has 0 bridgehead atoms. The first-order valence-electron chi connectivity index (χ1n) is 4.87. The molecule has 0 unspecified atom stereocenters. The molecular formula is C10H19NO2. The Morgan fingerprint density at radius 2 is 2.00 bits per heavy atom. The first-order valence-corrected chi connectivity index (χ1v) is 4.87. The van der Waals surface area contributed by atoms with E-state index < -0.39 is 6.10 Å². The third-order valence-electron chi connectivity index (χ3n) is 2.26. The highest BCUT2D eigenvalue weighted by molar-refractivity contribution is 5.81. The van der Waals surface area contributed by atoms with Crippen molar-refractivity contribution in [3.63, 3.8) is 0 Å². The first-order chi connectivity index (χ1) is 5.90. The van der Waals surface area contributed by atoms with Crippen molar-refractivity contribution < 1.29 is 9.90 Å². The molecule has 13 heavy (non-hydrogen) atoms. The fourth-order valence-electron chi connectivity index (χ4n) is 1.41. The van der Waals surface area contributed by atoms with Gasteiger partial charge >= 0.3 is 0 Å². The van der Waals surface area contributed by atoms with Gasteiger partial charge < -0.3 is 10.0 Å². The Hall–Kier alpha value is -0.570. The summed E-state index contributed by atoms with van der Waals surface area (Å²) in [6.45, 7) is 7.72. The van der Waals surface area contributed by atoms with Gasteiger partial charge in [0.1, 0.15) is 6.10 Å². The van der Waals surface area contributed by atoms with Crippen LogP contribution in [0.5, 0.6) is 0 Å². The molecule has 1 heterocycles. The highest BCUT2D eigenvalue weighted by atomic mass is 16.3. The quantitative estimate of drug-likeness (QED) is 0.697. The Balaban J connectivity index is 2.38. The minimum atomic E-state index is -0.805. The van der Waals surface area contributed by atoms with Gasteiger partial charge in [0.15, 0.2) is 0 Å². The van der Waals surface area contributed by atoms with Gasteiger partial charge in [-0.05, 0) is 18.3 Å². The van der Waals surface area contributed by atoms with Crippen LogP contribution < -0.4 is 0 Å². The molecule has 0 aromatic carbocycles. The molecule has 1 fully saturated rings. The zero-order chi connectivity index (χ0) is 10.1. The summed E-state index contributed by atoms with van der Waals surface area (Å²) in [5.74, 6) is -0.0961. The highest BCUT2D eigenvalue weighted by Gasteiger charge is 2.29. The van der Waals surface area contributed by atoms with Crippen LogP contribution in [-0.4, -0.2) is 35.1 Å². The van der Waals surface area contributed by atoms with E-state index in [9.17, 15) is 9.90 Å². The molecule has 1 aliphatic heterocycles. The minimum absolute atomic E-state index is 0.0138. The molecule has 0 aliphatic carbocycles. The second-order valence-corrected chi connectivity index (χ2v) is 4.96. The van der Waals surface area contributed by atoms with Crippen LogP contribution >= 0.6 is 0 Å². The average molecular weight is 185 g/mol. The number of nitrogens with zero attached hydrogens (tertiary/aromatic N) is 1. The van der Waals surface area contributed by atoms with Crippen molar-refractivity contribution in [2.75, 3.05) is 13.1 Å². The first kappa shape index (κ1) is 10.5. The van der Waals surface area contributed by atoms with Gasteiger partial charge in [-0.3, -0.25) is 4.79 Å². The number of hydrogen-bond acceptors (Lipinski definition) is 2. The fraction of sp³-hybridized carbons (Fsp3) is 0.900. The molecule has 76 valence electrons. The SMILES string of the molecule is CC(C)(C)C[C@@H](O)C(=O)N1CCC1. The predicted octanol–water partition coefficient (Wildman–Crippen LogP) is 1.02. The Bertz CT molecular complexity index is 192. The summed E-state index contributed by atoms with van der Waals surface area (Å²) in [4.78, 5) is 13.2. The maximum atomic E-state index is 11.5. The van der Waals surface area contributed by atoms with Crippen LogP contribution in [-0.2, 0) is 4.79 Å². The number of aliphatic hydroxyl groups is 1. The van der Waals surface area contributed by atoms with Crippen LogP contribution in [0.25, 0.3) is 0 Å². The van der Waals surface area contributed by atoms with E-state index in [2.05, 4.69) is 0 Å². The zero-order valence-corrected chi connectivity index (χ0v) is 8.71. The Labute approximate surface area is 79.7 Å². The van der Waals surface area contributed by atoms with Gasteiger partial charge in [0.2, 0.25) is 0 Å². The lowest BCUT2D eigenvalue weighted by molar-refractivity contribution is -0.145. The molecular weight excluding hydrogens is 166 g/mol. The third kappa shape index (κ3) is 2.99. The maximum absolute atomic E-state index is 11.5. The Morgan fingerprint density at radius 1 is 1.46 bits per heavy atom. The highest BCUT2D eigenvalue weighted by Crippen LogP contribution is 2.22. The Morgan fingerprint density at radius 3 is 2.31 bits per heavy atom. The molecule has 3 heteroatoms. The van der Waals surface area contributed by atoms with Crippen LogP contribution in [0.3, 0.4) is 0 Å². The summed E-state index contributed by atoms with van der Waals surface area (Å²) in [6.07, 6.45) is 0.816. The zero-order valence-electron chi connectivity index (χ0n) is 8.71. The molecule has 0 aromatic rings. The lowest BCUT2D eigenvalue weighted by Crippen LogP contribution is -2.47. The van der Waals surface area contributed by atoms with E-state index in [1.807, 2.05) is 20.8 Å². The van der Waals surface area contributed by atoms with Gasteiger partial charge in [0.25, 0.3) is 5.91 Å². The van der Waals surface area contributed by atoms with Crippen molar-refractivity contribution in [3.8, 4) is 0 Å². The van der Waals surface area contributed by atoms with Crippen molar-refractivity contribution in [2.24, 2.45) is 5.41 Å². The molecule has 0 radical (unpaired) electrons.